The van der Waals surface area contributed by atoms with Gasteiger partial charge in [-0.1, -0.05) is 48.9 Å². The summed E-state index contributed by atoms with van der Waals surface area (Å²) in [5, 5.41) is 8.78. The van der Waals surface area contributed by atoms with E-state index in [1.807, 2.05) is 54.6 Å². The van der Waals surface area contributed by atoms with Gasteiger partial charge in [-0.2, -0.15) is 13.2 Å². The number of hydrogen-bond acceptors (Lipinski definition) is 7. The number of aliphatic carboxylic acids is 1. The van der Waals surface area contributed by atoms with E-state index in [4.69, 9.17) is 19.4 Å². The molecular weight excluding hydrogens is 553 g/mol. The zero-order valence-corrected chi connectivity index (χ0v) is 23.7. The normalized spacial score (nSPS) is 24.6. The van der Waals surface area contributed by atoms with Crippen molar-refractivity contribution in [3.05, 3.63) is 65.7 Å². The van der Waals surface area contributed by atoms with Gasteiger partial charge in [-0.05, 0) is 43.6 Å². The van der Waals surface area contributed by atoms with Crippen LogP contribution in [-0.4, -0.2) is 85.8 Å². The largest absolute Gasteiger partial charge is 0.542 e. The number of halogens is 3. The summed E-state index contributed by atoms with van der Waals surface area (Å²) in [4.78, 5) is 37.8. The minimum atomic E-state index is -5.19. The standard InChI is InChI=1S/C29H37N2O4.C2HF3O2/c1-34-25-12-10-24(11-13-25)28(30-16-6-3-7-17-30)29(33)35-27-21-31(18-14-23(27)15-19-31)20-26(32)22-8-4-2-5-9-22;3-2(4,5)1(6)7/h2,4-5,8-13,23,27-28H,3,6-7,14-21H2,1H3;(H,6,7)/q+1;/p-1/t23?,27-,28?,31?;/m0./s1. The number of carboxylic acid groups (broad SMARTS) is 1. The van der Waals surface area contributed by atoms with Crippen molar-refractivity contribution in [1.82, 2.24) is 4.90 Å². The number of esters is 1. The summed E-state index contributed by atoms with van der Waals surface area (Å²) in [6, 6.07) is 17.0. The molecule has 4 aliphatic heterocycles. The second kappa shape index (κ2) is 13.7. The van der Waals surface area contributed by atoms with Crippen molar-refractivity contribution in [3.8, 4) is 5.75 Å². The molecule has 0 spiro atoms. The van der Waals surface area contributed by atoms with E-state index >= 15 is 0 Å². The lowest BCUT2D eigenvalue weighted by atomic mass is 9.82. The molecule has 42 heavy (non-hydrogen) atoms. The lowest BCUT2D eigenvalue weighted by molar-refractivity contribution is -0.938. The van der Waals surface area contributed by atoms with Gasteiger partial charge in [0, 0.05) is 24.3 Å². The van der Waals surface area contributed by atoms with Crippen LogP contribution in [0.5, 0.6) is 5.75 Å². The molecule has 0 saturated carbocycles. The minimum absolute atomic E-state index is 0.126. The van der Waals surface area contributed by atoms with Gasteiger partial charge in [0.15, 0.2) is 6.10 Å². The molecule has 2 aromatic rings. The Morgan fingerprint density at radius 3 is 2.12 bits per heavy atom. The number of ether oxygens (including phenoxy) is 2. The van der Waals surface area contributed by atoms with Crippen molar-refractivity contribution in [3.63, 3.8) is 0 Å². The molecule has 0 amide bonds. The van der Waals surface area contributed by atoms with Crippen LogP contribution < -0.4 is 9.84 Å². The molecule has 2 bridgehead atoms. The van der Waals surface area contributed by atoms with Gasteiger partial charge in [-0.25, -0.2) is 4.79 Å². The van der Waals surface area contributed by atoms with Gasteiger partial charge in [-0.3, -0.25) is 9.69 Å². The predicted molar refractivity (Wildman–Crippen MR) is 145 cm³/mol. The number of carboxylic acids is 1. The topological polar surface area (TPSA) is 96.0 Å². The van der Waals surface area contributed by atoms with Gasteiger partial charge in [0.1, 0.15) is 30.9 Å². The third kappa shape index (κ3) is 7.89. The Kier molecular flexibility index (Phi) is 10.3. The first-order valence-corrected chi connectivity index (χ1v) is 14.3. The molecule has 6 rings (SSSR count). The van der Waals surface area contributed by atoms with E-state index in [1.165, 1.54) is 6.42 Å². The fraction of sp³-hybridized carbons (Fsp3) is 0.516. The molecule has 0 radical (unpaired) electrons. The first-order valence-electron chi connectivity index (χ1n) is 14.3. The second-order valence-corrected chi connectivity index (χ2v) is 11.3. The fourth-order valence-corrected chi connectivity index (χ4v) is 6.27. The minimum Gasteiger partial charge on any atom is -0.542 e. The number of hydrogen-bond donors (Lipinski definition) is 0. The third-order valence-corrected chi connectivity index (χ3v) is 8.53. The number of carbonyl (C=O) groups is 3. The molecule has 0 aromatic heterocycles. The average molecular weight is 591 g/mol. The summed E-state index contributed by atoms with van der Waals surface area (Å²) < 4.78 is 43.9. The highest BCUT2D eigenvalue weighted by Gasteiger charge is 2.49. The van der Waals surface area contributed by atoms with Crippen molar-refractivity contribution in [1.29, 1.82) is 0 Å². The average Bonchev–Trinajstić information content (AvgIpc) is 2.99. The molecule has 4 saturated heterocycles. The Morgan fingerprint density at radius 1 is 0.976 bits per heavy atom. The SMILES string of the molecule is COc1ccc(C(C(=O)O[C@H]2C[N+]3(CC(=O)c4ccccc4)CCC2CC3)N2CCCCC2)cc1.O=C([O-])C(F)(F)F. The number of quaternary nitrogens is 1. The van der Waals surface area contributed by atoms with Gasteiger partial charge in [0.05, 0.1) is 20.2 Å². The molecule has 8 nitrogen and oxygen atoms in total. The van der Waals surface area contributed by atoms with Gasteiger partial charge < -0.3 is 23.9 Å². The van der Waals surface area contributed by atoms with Crippen LogP contribution in [0.4, 0.5) is 13.2 Å². The number of rotatable bonds is 8. The van der Waals surface area contributed by atoms with Crippen LogP contribution in [0, 0.1) is 5.92 Å². The lowest BCUT2D eigenvalue weighted by Crippen LogP contribution is -2.66. The quantitative estimate of drug-likeness (QED) is 0.264. The fourth-order valence-electron chi connectivity index (χ4n) is 6.27. The summed E-state index contributed by atoms with van der Waals surface area (Å²) in [5.41, 5.74) is 1.73. The van der Waals surface area contributed by atoms with Crippen molar-refractivity contribution in [2.24, 2.45) is 5.92 Å². The van der Waals surface area contributed by atoms with Crippen LogP contribution in [0.2, 0.25) is 0 Å². The number of benzene rings is 2. The monoisotopic (exact) mass is 590 g/mol. The van der Waals surface area contributed by atoms with Crippen LogP contribution in [0.15, 0.2) is 54.6 Å². The number of likely N-dealkylation sites (tertiary alicyclic amines) is 1. The van der Waals surface area contributed by atoms with E-state index in [-0.39, 0.29) is 17.9 Å². The highest BCUT2D eigenvalue weighted by Crippen LogP contribution is 2.37. The Balaban J connectivity index is 0.000000517. The Bertz CT molecular complexity index is 1210. The first kappa shape index (κ1) is 31.5. The maximum Gasteiger partial charge on any atom is 0.430 e. The summed E-state index contributed by atoms with van der Waals surface area (Å²) in [7, 11) is 1.65. The molecule has 1 unspecified atom stereocenters. The molecule has 4 heterocycles. The number of nitrogens with zero attached hydrogens (tertiary/aromatic N) is 2. The van der Waals surface area contributed by atoms with E-state index < -0.39 is 18.2 Å². The lowest BCUT2D eigenvalue weighted by Gasteiger charge is -2.51. The number of ketones is 1. The number of methoxy groups -OCH3 is 1. The van der Waals surface area contributed by atoms with Gasteiger partial charge in [0.2, 0.25) is 5.78 Å². The van der Waals surface area contributed by atoms with Crippen molar-refractivity contribution in [2.75, 3.05) is 46.4 Å². The highest BCUT2D eigenvalue weighted by molar-refractivity contribution is 5.97. The highest BCUT2D eigenvalue weighted by atomic mass is 19.4. The number of Topliss-reactive ketones (excluding diaryl/α,β-unsaturated/α-hetero) is 1. The van der Waals surface area contributed by atoms with Crippen LogP contribution >= 0.6 is 0 Å². The van der Waals surface area contributed by atoms with E-state index in [9.17, 15) is 22.8 Å². The molecule has 228 valence electrons. The summed E-state index contributed by atoms with van der Waals surface area (Å²) >= 11 is 0. The molecule has 4 fully saturated rings. The van der Waals surface area contributed by atoms with Crippen LogP contribution in [0.25, 0.3) is 0 Å². The number of piperidine rings is 4. The Hall–Kier alpha value is -3.44. The second-order valence-electron chi connectivity index (χ2n) is 11.3. The van der Waals surface area contributed by atoms with Crippen LogP contribution in [-0.2, 0) is 14.3 Å². The van der Waals surface area contributed by atoms with E-state index in [1.54, 1.807) is 7.11 Å². The van der Waals surface area contributed by atoms with E-state index in [0.29, 0.717) is 12.5 Å². The van der Waals surface area contributed by atoms with Crippen molar-refractivity contribution >= 4 is 17.7 Å². The molecular formula is C31H37F3N2O6. The van der Waals surface area contributed by atoms with Crippen molar-refractivity contribution in [2.45, 2.75) is 50.4 Å². The smallest absolute Gasteiger partial charge is 0.430 e. The zero-order chi connectivity index (χ0) is 30.3. The summed E-state index contributed by atoms with van der Waals surface area (Å²) in [6.45, 7) is 5.02. The number of fused-ring (bicyclic) bond motifs is 3. The van der Waals surface area contributed by atoms with E-state index in [0.717, 1.165) is 79.8 Å². The molecule has 11 heteroatoms. The van der Waals surface area contributed by atoms with Gasteiger partial charge in [0.25, 0.3) is 0 Å². The number of alkyl halides is 3. The first-order chi connectivity index (χ1) is 20.0. The molecule has 2 atom stereocenters. The summed E-state index contributed by atoms with van der Waals surface area (Å²) in [6.07, 6.45) is 0.120. The predicted octanol–water partition coefficient (Wildman–Crippen LogP) is 3.56. The van der Waals surface area contributed by atoms with E-state index in [2.05, 4.69) is 4.90 Å². The molecule has 0 aliphatic carbocycles. The van der Waals surface area contributed by atoms with Crippen LogP contribution in [0.3, 0.4) is 0 Å². The third-order valence-electron chi connectivity index (χ3n) is 8.53. The van der Waals surface area contributed by atoms with Gasteiger partial charge >= 0.3 is 12.1 Å². The summed E-state index contributed by atoms with van der Waals surface area (Å²) in [5.74, 6) is -1.80. The molecule has 0 N–H and O–H groups in total. The van der Waals surface area contributed by atoms with Gasteiger partial charge in [-0.15, -0.1) is 0 Å². The maximum absolute atomic E-state index is 13.7. The number of carbonyl (C=O) groups excluding carboxylic acids is 3. The maximum atomic E-state index is 13.7. The Labute approximate surface area is 243 Å². The Morgan fingerprint density at radius 2 is 1.57 bits per heavy atom. The van der Waals surface area contributed by atoms with Crippen LogP contribution in [0.1, 0.15) is 54.1 Å². The van der Waals surface area contributed by atoms with Crippen molar-refractivity contribution < 1.29 is 46.6 Å². The zero-order valence-electron chi connectivity index (χ0n) is 23.7. The molecule has 2 aromatic carbocycles. The molecule has 4 aliphatic rings.